The summed E-state index contributed by atoms with van der Waals surface area (Å²) in [6, 6.07) is 7.49. The third-order valence-corrected chi connectivity index (χ3v) is 2.67. The van der Waals surface area contributed by atoms with Crippen LogP contribution in [0.4, 0.5) is 0 Å². The number of carbonyl (C=O) groups excluding carboxylic acids is 1. The monoisotopic (exact) mass is 244 g/mol. The van der Waals surface area contributed by atoms with Crippen molar-refractivity contribution in [1.82, 2.24) is 10.2 Å². The van der Waals surface area contributed by atoms with Gasteiger partial charge in [0.05, 0.1) is 5.70 Å². The van der Waals surface area contributed by atoms with Crippen LogP contribution in [0.3, 0.4) is 0 Å². The van der Waals surface area contributed by atoms with Crippen molar-refractivity contribution in [1.29, 1.82) is 0 Å². The number of allylic oxidation sites excluding steroid dienone is 2. The van der Waals surface area contributed by atoms with Crippen molar-refractivity contribution in [2.24, 2.45) is 0 Å². The normalized spacial score (nSPS) is 11.6. The van der Waals surface area contributed by atoms with E-state index in [-0.39, 0.29) is 5.91 Å². The molecule has 3 nitrogen and oxygen atoms in total. The third kappa shape index (κ3) is 3.48. The van der Waals surface area contributed by atoms with Gasteiger partial charge in [-0.2, -0.15) is 0 Å². The lowest BCUT2D eigenvalue weighted by molar-refractivity contribution is 0.0965. The summed E-state index contributed by atoms with van der Waals surface area (Å²) in [5.74, 6) is -0.103. The number of hydrogen-bond acceptors (Lipinski definition) is 2. The number of rotatable bonds is 4. The molecule has 0 unspecified atom stereocenters. The molecule has 1 aromatic carbocycles. The Morgan fingerprint density at radius 3 is 2.28 bits per heavy atom. The molecule has 0 bridgehead atoms. The van der Waals surface area contributed by atoms with Crippen LogP contribution in [0.2, 0.25) is 0 Å². The fourth-order valence-electron chi connectivity index (χ4n) is 1.68. The number of hydrogen-bond donors (Lipinski definition) is 1. The van der Waals surface area contributed by atoms with Gasteiger partial charge in [0, 0.05) is 25.4 Å². The minimum absolute atomic E-state index is 0.103. The molecule has 0 spiro atoms. The maximum absolute atomic E-state index is 12.0. The van der Waals surface area contributed by atoms with Crippen LogP contribution in [0, 0.1) is 6.92 Å². The standard InChI is InChI=1S/C15H20N2O/c1-6-14(17(4)5)12(3)16-15(18)13-9-7-11(2)8-10-13/h6-10H,1H2,2-5H3,(H,16,18). The molecule has 0 heterocycles. The van der Waals surface area contributed by atoms with E-state index in [9.17, 15) is 4.79 Å². The molecule has 1 amide bonds. The first-order valence-corrected chi connectivity index (χ1v) is 5.84. The van der Waals surface area contributed by atoms with Gasteiger partial charge in [-0.15, -0.1) is 0 Å². The number of likely N-dealkylation sites (N-methyl/N-ethyl adjacent to an activating group) is 1. The molecule has 3 heteroatoms. The van der Waals surface area contributed by atoms with Crippen LogP contribution in [0.5, 0.6) is 0 Å². The maximum Gasteiger partial charge on any atom is 0.255 e. The summed E-state index contributed by atoms with van der Waals surface area (Å²) >= 11 is 0. The first kappa shape index (κ1) is 14.0. The lowest BCUT2D eigenvalue weighted by atomic mass is 10.1. The van der Waals surface area contributed by atoms with Crippen LogP contribution in [0.1, 0.15) is 22.8 Å². The summed E-state index contributed by atoms with van der Waals surface area (Å²) in [7, 11) is 3.83. The SMILES string of the molecule is C=CC(=C(C)NC(=O)c1ccc(C)cc1)N(C)C. The van der Waals surface area contributed by atoms with Crippen molar-refractivity contribution in [3.05, 3.63) is 59.4 Å². The Morgan fingerprint density at radius 1 is 1.28 bits per heavy atom. The molecule has 0 aliphatic rings. The van der Waals surface area contributed by atoms with Gasteiger partial charge in [-0.1, -0.05) is 24.3 Å². The highest BCUT2D eigenvalue weighted by atomic mass is 16.1. The van der Waals surface area contributed by atoms with Crippen LogP contribution in [-0.4, -0.2) is 24.9 Å². The van der Waals surface area contributed by atoms with E-state index in [0.717, 1.165) is 17.0 Å². The first-order chi connectivity index (χ1) is 8.45. The summed E-state index contributed by atoms with van der Waals surface area (Å²) in [5.41, 5.74) is 3.48. The van der Waals surface area contributed by atoms with Crippen LogP contribution < -0.4 is 5.32 Å². The van der Waals surface area contributed by atoms with Crippen molar-refractivity contribution in [3.63, 3.8) is 0 Å². The molecular formula is C15H20N2O. The van der Waals surface area contributed by atoms with Crippen molar-refractivity contribution in [3.8, 4) is 0 Å². The first-order valence-electron chi connectivity index (χ1n) is 5.84. The predicted molar refractivity (Wildman–Crippen MR) is 75.2 cm³/mol. The van der Waals surface area contributed by atoms with E-state index in [2.05, 4.69) is 11.9 Å². The minimum Gasteiger partial charge on any atom is -0.376 e. The highest BCUT2D eigenvalue weighted by Crippen LogP contribution is 2.08. The fraction of sp³-hybridized carbons (Fsp3) is 0.267. The number of nitrogens with zero attached hydrogens (tertiary/aromatic N) is 1. The molecule has 18 heavy (non-hydrogen) atoms. The summed E-state index contributed by atoms with van der Waals surface area (Å²) in [5, 5.41) is 2.88. The van der Waals surface area contributed by atoms with Gasteiger partial charge < -0.3 is 10.2 Å². The topological polar surface area (TPSA) is 32.3 Å². The van der Waals surface area contributed by atoms with E-state index in [1.165, 1.54) is 0 Å². The number of aryl methyl sites for hydroxylation is 1. The van der Waals surface area contributed by atoms with E-state index in [4.69, 9.17) is 0 Å². The molecule has 1 aromatic rings. The molecule has 1 rings (SSSR count). The highest BCUT2D eigenvalue weighted by Gasteiger charge is 2.08. The second kappa shape index (κ2) is 6.05. The molecule has 0 aliphatic carbocycles. The smallest absolute Gasteiger partial charge is 0.255 e. The average Bonchev–Trinajstić information content (AvgIpc) is 2.29. The minimum atomic E-state index is -0.103. The molecule has 0 atom stereocenters. The van der Waals surface area contributed by atoms with Crippen molar-refractivity contribution in [2.75, 3.05) is 14.1 Å². The summed E-state index contributed by atoms with van der Waals surface area (Å²) in [4.78, 5) is 13.9. The van der Waals surface area contributed by atoms with Gasteiger partial charge in [0.1, 0.15) is 0 Å². The van der Waals surface area contributed by atoms with E-state index < -0.39 is 0 Å². The van der Waals surface area contributed by atoms with Gasteiger partial charge in [0.2, 0.25) is 0 Å². The second-order valence-corrected chi connectivity index (χ2v) is 4.43. The lowest BCUT2D eigenvalue weighted by Crippen LogP contribution is -2.25. The molecule has 0 aliphatic heterocycles. The van der Waals surface area contributed by atoms with Crippen LogP contribution in [0.15, 0.2) is 48.3 Å². The molecule has 0 saturated heterocycles. The zero-order chi connectivity index (χ0) is 13.7. The third-order valence-electron chi connectivity index (χ3n) is 2.67. The van der Waals surface area contributed by atoms with Gasteiger partial charge in [-0.3, -0.25) is 4.79 Å². The molecule has 1 N–H and O–H groups in total. The highest BCUT2D eigenvalue weighted by molar-refractivity contribution is 5.95. The Morgan fingerprint density at radius 2 is 1.83 bits per heavy atom. The molecule has 0 aromatic heterocycles. The Kier molecular flexibility index (Phi) is 4.72. The van der Waals surface area contributed by atoms with Crippen molar-refractivity contribution < 1.29 is 4.79 Å². The van der Waals surface area contributed by atoms with Crippen molar-refractivity contribution >= 4 is 5.91 Å². The van der Waals surface area contributed by atoms with E-state index >= 15 is 0 Å². The summed E-state index contributed by atoms with van der Waals surface area (Å²) < 4.78 is 0. The fourth-order valence-corrected chi connectivity index (χ4v) is 1.68. The van der Waals surface area contributed by atoms with Crippen molar-refractivity contribution in [2.45, 2.75) is 13.8 Å². The number of amides is 1. The predicted octanol–water partition coefficient (Wildman–Crippen LogP) is 2.70. The zero-order valence-electron chi connectivity index (χ0n) is 11.4. The Labute approximate surface area is 109 Å². The molecule has 0 fully saturated rings. The van der Waals surface area contributed by atoms with Gasteiger partial charge >= 0.3 is 0 Å². The van der Waals surface area contributed by atoms with Gasteiger partial charge in [0.15, 0.2) is 0 Å². The van der Waals surface area contributed by atoms with Gasteiger partial charge in [0.25, 0.3) is 5.91 Å². The second-order valence-electron chi connectivity index (χ2n) is 4.43. The number of carbonyl (C=O) groups is 1. The Hall–Kier alpha value is -2.03. The van der Waals surface area contributed by atoms with Crippen LogP contribution in [0.25, 0.3) is 0 Å². The average molecular weight is 244 g/mol. The Bertz CT molecular complexity index is 470. The molecular weight excluding hydrogens is 224 g/mol. The summed E-state index contributed by atoms with van der Waals surface area (Å²) in [6.45, 7) is 7.60. The lowest BCUT2D eigenvalue weighted by Gasteiger charge is -2.17. The molecule has 0 radical (unpaired) electrons. The van der Waals surface area contributed by atoms with Crippen LogP contribution in [-0.2, 0) is 0 Å². The van der Waals surface area contributed by atoms with Crippen LogP contribution >= 0.6 is 0 Å². The number of benzene rings is 1. The van der Waals surface area contributed by atoms with Gasteiger partial charge in [-0.05, 0) is 32.1 Å². The van der Waals surface area contributed by atoms with E-state index in [1.807, 2.05) is 57.1 Å². The largest absolute Gasteiger partial charge is 0.376 e. The number of nitrogens with one attached hydrogen (secondary N) is 1. The maximum atomic E-state index is 12.0. The zero-order valence-corrected chi connectivity index (χ0v) is 11.4. The van der Waals surface area contributed by atoms with E-state index in [1.54, 1.807) is 6.08 Å². The summed E-state index contributed by atoms with van der Waals surface area (Å²) in [6.07, 6.45) is 1.73. The molecule has 96 valence electrons. The van der Waals surface area contributed by atoms with E-state index in [0.29, 0.717) is 5.56 Å². The van der Waals surface area contributed by atoms with Gasteiger partial charge in [-0.25, -0.2) is 0 Å². The molecule has 0 saturated carbocycles. The quantitative estimate of drug-likeness (QED) is 0.826. The Balaban J connectivity index is 2.88.